The maximum absolute atomic E-state index is 5.76. The summed E-state index contributed by atoms with van der Waals surface area (Å²) in [5.41, 5.74) is 7.46. The van der Waals surface area contributed by atoms with E-state index in [1.807, 2.05) is 29.7 Å². The Bertz CT molecular complexity index is 568. The van der Waals surface area contributed by atoms with E-state index in [4.69, 9.17) is 5.84 Å². The molecular weight excluding hydrogens is 252 g/mol. The van der Waals surface area contributed by atoms with Crippen molar-refractivity contribution in [3.63, 3.8) is 0 Å². The van der Waals surface area contributed by atoms with E-state index in [2.05, 4.69) is 35.5 Å². The molecule has 0 fully saturated rings. The van der Waals surface area contributed by atoms with Crippen LogP contribution in [0.1, 0.15) is 42.5 Å². The van der Waals surface area contributed by atoms with Gasteiger partial charge >= 0.3 is 0 Å². The minimum absolute atomic E-state index is 0.0544. The summed E-state index contributed by atoms with van der Waals surface area (Å²) in [6.07, 6.45) is 4.70. The molecule has 110 valence electrons. The highest BCUT2D eigenvalue weighted by molar-refractivity contribution is 5.24. The number of hydrogen-bond acceptors (Lipinski definition) is 4. The van der Waals surface area contributed by atoms with Gasteiger partial charge in [0.25, 0.3) is 0 Å². The smallest absolute Gasteiger partial charge is 0.0670 e. The summed E-state index contributed by atoms with van der Waals surface area (Å²) < 4.78 is 3.78. The van der Waals surface area contributed by atoms with Gasteiger partial charge in [-0.15, -0.1) is 0 Å². The van der Waals surface area contributed by atoms with Gasteiger partial charge in [0.1, 0.15) is 0 Å². The molecular formula is C14H24N6. The third-order valence-corrected chi connectivity index (χ3v) is 3.65. The fraction of sp³-hybridized carbons (Fsp3) is 0.571. The first kappa shape index (κ1) is 14.7. The van der Waals surface area contributed by atoms with Crippen LogP contribution in [0.2, 0.25) is 0 Å². The van der Waals surface area contributed by atoms with Gasteiger partial charge in [0.05, 0.1) is 17.4 Å². The first-order valence-electron chi connectivity index (χ1n) is 7.09. The highest BCUT2D eigenvalue weighted by atomic mass is 15.3. The first-order valence-corrected chi connectivity index (χ1v) is 7.09. The summed E-state index contributed by atoms with van der Waals surface area (Å²) in [4.78, 5) is 0. The summed E-state index contributed by atoms with van der Waals surface area (Å²) in [6.45, 7) is 4.22. The zero-order chi connectivity index (χ0) is 14.7. The second-order valence-electron chi connectivity index (χ2n) is 5.09. The molecule has 3 N–H and O–H groups in total. The molecule has 0 aliphatic rings. The highest BCUT2D eigenvalue weighted by Gasteiger charge is 2.19. The summed E-state index contributed by atoms with van der Waals surface area (Å²) in [5.74, 6) is 5.76. The molecule has 0 saturated heterocycles. The van der Waals surface area contributed by atoms with Gasteiger partial charge in [-0.2, -0.15) is 10.2 Å². The predicted octanol–water partition coefficient (Wildman–Crippen LogP) is 1.03. The van der Waals surface area contributed by atoms with Gasteiger partial charge in [-0.05, 0) is 18.9 Å². The lowest BCUT2D eigenvalue weighted by atomic mass is 10.0. The van der Waals surface area contributed by atoms with Crippen molar-refractivity contribution >= 4 is 0 Å². The van der Waals surface area contributed by atoms with E-state index < -0.39 is 0 Å². The molecule has 0 saturated carbocycles. The minimum Gasteiger partial charge on any atom is -0.275 e. The Morgan fingerprint density at radius 1 is 1.25 bits per heavy atom. The van der Waals surface area contributed by atoms with Crippen molar-refractivity contribution in [2.45, 2.75) is 39.2 Å². The maximum atomic E-state index is 5.76. The molecule has 20 heavy (non-hydrogen) atoms. The third-order valence-electron chi connectivity index (χ3n) is 3.65. The Kier molecular flexibility index (Phi) is 4.57. The molecule has 6 heteroatoms. The zero-order valence-corrected chi connectivity index (χ0v) is 12.7. The van der Waals surface area contributed by atoms with Crippen molar-refractivity contribution < 1.29 is 0 Å². The molecule has 2 heterocycles. The molecule has 1 atom stereocenters. The Morgan fingerprint density at radius 2 is 2.00 bits per heavy atom. The maximum Gasteiger partial charge on any atom is 0.0670 e. The van der Waals surface area contributed by atoms with Crippen LogP contribution in [0.5, 0.6) is 0 Å². The van der Waals surface area contributed by atoms with E-state index in [0.717, 1.165) is 36.2 Å². The van der Waals surface area contributed by atoms with Crippen molar-refractivity contribution in [2.24, 2.45) is 19.9 Å². The number of nitrogens with one attached hydrogen (secondary N) is 1. The van der Waals surface area contributed by atoms with Crippen molar-refractivity contribution in [1.82, 2.24) is 25.0 Å². The second-order valence-corrected chi connectivity index (χ2v) is 5.09. The minimum atomic E-state index is 0.0544. The van der Waals surface area contributed by atoms with Gasteiger partial charge in [0.15, 0.2) is 0 Å². The molecule has 2 rings (SSSR count). The monoisotopic (exact) mass is 276 g/mol. The van der Waals surface area contributed by atoms with Gasteiger partial charge in [-0.1, -0.05) is 13.8 Å². The number of hydrogen-bond donors (Lipinski definition) is 2. The highest BCUT2D eigenvalue weighted by Crippen LogP contribution is 2.21. The van der Waals surface area contributed by atoms with Gasteiger partial charge in [0.2, 0.25) is 0 Å². The lowest BCUT2D eigenvalue weighted by Crippen LogP contribution is -2.30. The number of aromatic nitrogens is 4. The topological polar surface area (TPSA) is 73.7 Å². The van der Waals surface area contributed by atoms with Crippen LogP contribution in [-0.4, -0.2) is 19.6 Å². The molecule has 2 aromatic heterocycles. The summed E-state index contributed by atoms with van der Waals surface area (Å²) in [6, 6.07) is 2.20. The number of aryl methyl sites for hydroxylation is 4. The van der Waals surface area contributed by atoms with Gasteiger partial charge in [-0.25, -0.2) is 0 Å². The number of rotatable bonds is 6. The van der Waals surface area contributed by atoms with E-state index >= 15 is 0 Å². The molecule has 1 unspecified atom stereocenters. The van der Waals surface area contributed by atoms with E-state index in [1.165, 1.54) is 5.69 Å². The Morgan fingerprint density at radius 3 is 2.55 bits per heavy atom. The molecule has 0 radical (unpaired) electrons. The van der Waals surface area contributed by atoms with Crippen molar-refractivity contribution in [2.75, 3.05) is 0 Å². The largest absolute Gasteiger partial charge is 0.275 e. The van der Waals surface area contributed by atoms with Crippen LogP contribution >= 0.6 is 0 Å². The average Bonchev–Trinajstić information content (AvgIpc) is 2.98. The quantitative estimate of drug-likeness (QED) is 0.610. The average molecular weight is 276 g/mol. The molecule has 0 aromatic carbocycles. The van der Waals surface area contributed by atoms with Crippen LogP contribution in [0.25, 0.3) is 0 Å². The van der Waals surface area contributed by atoms with Crippen LogP contribution < -0.4 is 11.3 Å². The zero-order valence-electron chi connectivity index (χ0n) is 12.7. The Hall–Kier alpha value is -1.66. The fourth-order valence-corrected chi connectivity index (χ4v) is 2.52. The molecule has 0 amide bonds. The van der Waals surface area contributed by atoms with Crippen LogP contribution in [0, 0.1) is 0 Å². The van der Waals surface area contributed by atoms with E-state index in [1.54, 1.807) is 0 Å². The normalized spacial score (nSPS) is 12.8. The molecule has 0 aliphatic carbocycles. The van der Waals surface area contributed by atoms with E-state index in [9.17, 15) is 0 Å². The van der Waals surface area contributed by atoms with Gasteiger partial charge < -0.3 is 0 Å². The molecule has 6 nitrogen and oxygen atoms in total. The van der Waals surface area contributed by atoms with E-state index in [-0.39, 0.29) is 6.04 Å². The summed E-state index contributed by atoms with van der Waals surface area (Å²) in [5, 5.41) is 8.97. The predicted molar refractivity (Wildman–Crippen MR) is 78.9 cm³/mol. The van der Waals surface area contributed by atoms with Crippen molar-refractivity contribution in [1.29, 1.82) is 0 Å². The third kappa shape index (κ3) is 2.91. The molecule has 0 aliphatic heterocycles. The SMILES string of the molecule is CCc1cc(CC(NN)c2cn(C)nc2CC)n(C)n1. The van der Waals surface area contributed by atoms with Gasteiger partial charge in [-0.3, -0.25) is 20.6 Å². The molecule has 2 aromatic rings. The van der Waals surface area contributed by atoms with E-state index in [0.29, 0.717) is 0 Å². The fourth-order valence-electron chi connectivity index (χ4n) is 2.52. The lowest BCUT2D eigenvalue weighted by molar-refractivity contribution is 0.526. The van der Waals surface area contributed by atoms with Crippen LogP contribution in [0.3, 0.4) is 0 Å². The van der Waals surface area contributed by atoms with Crippen LogP contribution in [0.15, 0.2) is 12.3 Å². The molecule has 0 spiro atoms. The number of nitrogens with two attached hydrogens (primary N) is 1. The Labute approximate surface area is 119 Å². The van der Waals surface area contributed by atoms with Gasteiger partial charge in [0, 0.05) is 38.0 Å². The number of hydrazine groups is 1. The molecule has 0 bridgehead atoms. The van der Waals surface area contributed by atoms with Crippen molar-refractivity contribution in [3.05, 3.63) is 34.9 Å². The summed E-state index contributed by atoms with van der Waals surface area (Å²) >= 11 is 0. The first-order chi connectivity index (χ1) is 9.58. The second kappa shape index (κ2) is 6.19. The lowest BCUT2D eigenvalue weighted by Gasteiger charge is -2.15. The van der Waals surface area contributed by atoms with Crippen molar-refractivity contribution in [3.8, 4) is 0 Å². The number of nitrogens with zero attached hydrogens (tertiary/aromatic N) is 4. The van der Waals surface area contributed by atoms with Crippen LogP contribution in [0.4, 0.5) is 0 Å². The summed E-state index contributed by atoms with van der Waals surface area (Å²) in [7, 11) is 3.92. The van der Waals surface area contributed by atoms with Crippen LogP contribution in [-0.2, 0) is 33.4 Å². The Balaban J connectivity index is 2.25. The standard InChI is InChI=1S/C14H24N6/c1-5-10-7-11(20(4)17-10)8-14(16-15)12-9-19(3)18-13(12)6-2/h7,9,14,16H,5-6,8,15H2,1-4H3.